The predicted octanol–water partition coefficient (Wildman–Crippen LogP) is 1.73. The second-order valence-corrected chi connectivity index (χ2v) is 6.57. The Bertz CT molecular complexity index is 544. The number of hydrogen-bond acceptors (Lipinski definition) is 5. The normalized spacial score (nSPS) is 12.8. The Balaban J connectivity index is 2.66. The van der Waals surface area contributed by atoms with E-state index in [9.17, 15) is 4.79 Å². The molecule has 7 nitrogen and oxygen atoms in total. The van der Waals surface area contributed by atoms with E-state index in [2.05, 4.69) is 15.3 Å². The summed E-state index contributed by atoms with van der Waals surface area (Å²) in [6, 6.07) is 0. The molecule has 0 spiro atoms. The maximum atomic E-state index is 11.6. The molecule has 1 rings (SSSR count). The zero-order chi connectivity index (χ0) is 18.1. The molecule has 0 aliphatic carbocycles. The van der Waals surface area contributed by atoms with E-state index >= 15 is 0 Å². The highest BCUT2D eigenvalue weighted by molar-refractivity contribution is 7.09. The van der Waals surface area contributed by atoms with E-state index < -0.39 is 0 Å². The van der Waals surface area contributed by atoms with Crippen LogP contribution in [-0.2, 0) is 16.1 Å². The lowest BCUT2D eigenvalue weighted by Gasteiger charge is -2.21. The molecule has 0 radical (unpaired) electrons. The first-order valence-electron chi connectivity index (χ1n) is 8.05. The van der Waals surface area contributed by atoms with Crippen molar-refractivity contribution in [3.8, 4) is 0 Å². The maximum Gasteiger partial charge on any atom is 0.223 e. The molecule has 0 fully saturated rings. The molecule has 1 heterocycles. The number of carbonyl (C=O) groups is 1. The van der Waals surface area contributed by atoms with E-state index in [1.807, 2.05) is 31.2 Å². The van der Waals surface area contributed by atoms with E-state index in [1.54, 1.807) is 37.4 Å². The lowest BCUT2D eigenvalue weighted by Crippen LogP contribution is -2.38. The number of aromatic nitrogens is 1. The molecule has 0 aliphatic heterocycles. The van der Waals surface area contributed by atoms with Crippen LogP contribution in [0.1, 0.15) is 37.1 Å². The molecule has 0 saturated heterocycles. The Morgan fingerprint density at radius 3 is 2.75 bits per heavy atom. The first-order valence-corrected chi connectivity index (χ1v) is 8.93. The number of thiazole rings is 1. The molecule has 24 heavy (non-hydrogen) atoms. The maximum absolute atomic E-state index is 11.6. The number of carbonyl (C=O) groups excluding carboxylic acids is 1. The molecule has 0 bridgehead atoms. The van der Waals surface area contributed by atoms with Crippen molar-refractivity contribution in [3.63, 3.8) is 0 Å². The van der Waals surface area contributed by atoms with Gasteiger partial charge in [-0.25, -0.2) is 4.98 Å². The van der Waals surface area contributed by atoms with Crippen LogP contribution in [0.5, 0.6) is 0 Å². The van der Waals surface area contributed by atoms with Crippen LogP contribution in [0.3, 0.4) is 0 Å². The molecule has 1 amide bonds. The van der Waals surface area contributed by atoms with E-state index in [0.29, 0.717) is 19.5 Å². The standard InChI is InChI=1S/C16H29N5O2S/c1-7-17-16(18-9-8-14(22)20(3)4)21(5)10-13-11-24-15(19-13)12(2)23-6/h11-12H,7-10H2,1-6H3,(H,17,18). The second-order valence-electron chi connectivity index (χ2n) is 5.68. The molecule has 1 atom stereocenters. The fraction of sp³-hybridized carbons (Fsp3) is 0.688. The van der Waals surface area contributed by atoms with Gasteiger partial charge in [-0.3, -0.25) is 9.79 Å². The van der Waals surface area contributed by atoms with Gasteiger partial charge in [0.05, 0.1) is 18.8 Å². The van der Waals surface area contributed by atoms with Crippen molar-refractivity contribution in [2.75, 3.05) is 41.3 Å². The van der Waals surface area contributed by atoms with Crippen molar-refractivity contribution in [2.24, 2.45) is 4.99 Å². The van der Waals surface area contributed by atoms with Crippen molar-refractivity contribution in [1.82, 2.24) is 20.1 Å². The average molecular weight is 356 g/mol. The van der Waals surface area contributed by atoms with Crippen LogP contribution in [0.4, 0.5) is 0 Å². The minimum absolute atomic E-state index is 0.00741. The van der Waals surface area contributed by atoms with Gasteiger partial charge in [0.25, 0.3) is 0 Å². The molecule has 0 aliphatic rings. The molecular formula is C16H29N5O2S. The number of nitrogens with one attached hydrogen (secondary N) is 1. The Labute approximate surface area is 148 Å². The highest BCUT2D eigenvalue weighted by Gasteiger charge is 2.13. The Hall–Kier alpha value is -1.67. The summed E-state index contributed by atoms with van der Waals surface area (Å²) >= 11 is 1.60. The third-order valence-corrected chi connectivity index (χ3v) is 4.51. The number of aliphatic imine (C=N–C) groups is 1. The van der Waals surface area contributed by atoms with Crippen molar-refractivity contribution in [1.29, 1.82) is 0 Å². The molecule has 1 N–H and O–H groups in total. The Morgan fingerprint density at radius 2 is 2.17 bits per heavy atom. The number of nitrogens with zero attached hydrogens (tertiary/aromatic N) is 4. The molecule has 1 aromatic rings. The van der Waals surface area contributed by atoms with Crippen molar-refractivity contribution in [2.45, 2.75) is 32.9 Å². The lowest BCUT2D eigenvalue weighted by atomic mass is 10.4. The fourth-order valence-corrected chi connectivity index (χ4v) is 2.79. The van der Waals surface area contributed by atoms with Crippen LogP contribution in [0.15, 0.2) is 10.4 Å². The molecule has 0 saturated carbocycles. The number of hydrogen-bond donors (Lipinski definition) is 1. The quantitative estimate of drug-likeness (QED) is 0.568. The summed E-state index contributed by atoms with van der Waals surface area (Å²) in [4.78, 5) is 24.4. The summed E-state index contributed by atoms with van der Waals surface area (Å²) in [5, 5.41) is 6.26. The van der Waals surface area contributed by atoms with E-state index in [4.69, 9.17) is 4.74 Å². The van der Waals surface area contributed by atoms with Gasteiger partial charge in [-0.05, 0) is 13.8 Å². The number of ether oxygens (including phenoxy) is 1. The Kier molecular flexibility index (Phi) is 8.70. The summed E-state index contributed by atoms with van der Waals surface area (Å²) in [7, 11) is 7.16. The van der Waals surface area contributed by atoms with Gasteiger partial charge in [0.15, 0.2) is 5.96 Å². The van der Waals surface area contributed by atoms with Crippen LogP contribution in [0, 0.1) is 0 Å². The third-order valence-electron chi connectivity index (χ3n) is 3.45. The van der Waals surface area contributed by atoms with Crippen molar-refractivity contribution < 1.29 is 9.53 Å². The van der Waals surface area contributed by atoms with Crippen LogP contribution in [-0.4, -0.2) is 68.0 Å². The fourth-order valence-electron chi connectivity index (χ4n) is 1.95. The molecule has 136 valence electrons. The van der Waals surface area contributed by atoms with Crippen LogP contribution in [0.25, 0.3) is 0 Å². The highest BCUT2D eigenvalue weighted by atomic mass is 32.1. The summed E-state index contributed by atoms with van der Waals surface area (Å²) in [5.41, 5.74) is 0.983. The number of amides is 1. The van der Waals surface area contributed by atoms with Gasteiger partial charge >= 0.3 is 0 Å². The van der Waals surface area contributed by atoms with E-state index in [-0.39, 0.29) is 12.0 Å². The average Bonchev–Trinajstić information content (AvgIpc) is 3.01. The molecule has 1 aromatic heterocycles. The lowest BCUT2D eigenvalue weighted by molar-refractivity contribution is -0.128. The number of methoxy groups -OCH3 is 1. The molecule has 0 aromatic carbocycles. The molecule has 8 heteroatoms. The SMILES string of the molecule is CCNC(=NCCC(=O)N(C)C)N(C)Cc1csc(C(C)OC)n1. The zero-order valence-electron chi connectivity index (χ0n) is 15.5. The summed E-state index contributed by atoms with van der Waals surface area (Å²) < 4.78 is 5.30. The van der Waals surface area contributed by atoms with Gasteiger partial charge in [-0.15, -0.1) is 11.3 Å². The van der Waals surface area contributed by atoms with Crippen LogP contribution >= 0.6 is 11.3 Å². The van der Waals surface area contributed by atoms with Gasteiger partial charge < -0.3 is 19.9 Å². The topological polar surface area (TPSA) is 70.1 Å². The van der Waals surface area contributed by atoms with Gasteiger partial charge in [-0.1, -0.05) is 0 Å². The van der Waals surface area contributed by atoms with Gasteiger partial charge in [0.1, 0.15) is 11.1 Å². The van der Waals surface area contributed by atoms with Gasteiger partial charge in [0, 0.05) is 46.6 Å². The summed E-state index contributed by atoms with van der Waals surface area (Å²) in [5.74, 6) is 0.855. The van der Waals surface area contributed by atoms with E-state index in [1.165, 1.54) is 0 Å². The predicted molar refractivity (Wildman–Crippen MR) is 98.3 cm³/mol. The van der Waals surface area contributed by atoms with Crippen molar-refractivity contribution in [3.05, 3.63) is 16.1 Å². The first kappa shape index (κ1) is 20.4. The number of rotatable bonds is 8. The van der Waals surface area contributed by atoms with Crippen LogP contribution < -0.4 is 5.32 Å². The van der Waals surface area contributed by atoms with Crippen LogP contribution in [0.2, 0.25) is 0 Å². The van der Waals surface area contributed by atoms with Gasteiger partial charge in [0.2, 0.25) is 5.91 Å². The second kappa shape index (κ2) is 10.2. The Morgan fingerprint density at radius 1 is 1.46 bits per heavy atom. The summed E-state index contributed by atoms with van der Waals surface area (Å²) in [6.45, 7) is 5.90. The molecule has 1 unspecified atom stereocenters. The van der Waals surface area contributed by atoms with Gasteiger partial charge in [-0.2, -0.15) is 0 Å². The summed E-state index contributed by atoms with van der Waals surface area (Å²) in [6.07, 6.45) is 0.412. The highest BCUT2D eigenvalue weighted by Crippen LogP contribution is 2.20. The van der Waals surface area contributed by atoms with E-state index in [0.717, 1.165) is 23.2 Å². The monoisotopic (exact) mass is 355 g/mol. The molecular weight excluding hydrogens is 326 g/mol. The first-order chi connectivity index (χ1) is 11.4. The van der Waals surface area contributed by atoms with Crippen molar-refractivity contribution >= 4 is 23.2 Å². The third kappa shape index (κ3) is 6.45. The smallest absolute Gasteiger partial charge is 0.223 e. The minimum atomic E-state index is 0.00741. The zero-order valence-corrected chi connectivity index (χ0v) is 16.3. The largest absolute Gasteiger partial charge is 0.375 e. The minimum Gasteiger partial charge on any atom is -0.375 e. The number of guanidine groups is 1.